The third-order valence-electron chi connectivity index (χ3n) is 6.35. The summed E-state index contributed by atoms with van der Waals surface area (Å²) in [5.41, 5.74) is 5.63. The van der Waals surface area contributed by atoms with Crippen molar-refractivity contribution in [2.24, 2.45) is 5.73 Å². The first-order valence-electron chi connectivity index (χ1n) is 11.0. The molecule has 152 valence electrons. The van der Waals surface area contributed by atoms with Crippen LogP contribution in [0.4, 0.5) is 0 Å². The van der Waals surface area contributed by atoms with Gasteiger partial charge in [-0.15, -0.1) is 0 Å². The number of rotatable bonds is 3. The van der Waals surface area contributed by atoms with Crippen LogP contribution in [0, 0.1) is 0 Å². The maximum absolute atomic E-state index is 11.1. The van der Waals surface area contributed by atoms with Gasteiger partial charge in [-0.2, -0.15) is 0 Å². The summed E-state index contributed by atoms with van der Waals surface area (Å²) < 4.78 is 0. The van der Waals surface area contributed by atoms with E-state index in [1.165, 1.54) is 71.1 Å². The summed E-state index contributed by atoms with van der Waals surface area (Å²) in [5, 5.41) is 3.06. The summed E-state index contributed by atoms with van der Waals surface area (Å²) in [6.45, 7) is 11.0. The van der Waals surface area contributed by atoms with Crippen molar-refractivity contribution in [1.29, 1.82) is 0 Å². The number of nitrogens with one attached hydrogen (secondary N) is 1. The Kier molecular flexibility index (Phi) is 9.37. The topological polar surface area (TPSA) is 61.6 Å². The van der Waals surface area contributed by atoms with Gasteiger partial charge in [0, 0.05) is 57.3 Å². The lowest BCUT2D eigenvalue weighted by atomic mass is 9.89. The molecule has 2 saturated carbocycles. The van der Waals surface area contributed by atoms with Gasteiger partial charge in [0.25, 0.3) is 0 Å². The lowest BCUT2D eigenvalue weighted by Crippen LogP contribution is -2.53. The first kappa shape index (κ1) is 21.6. The molecule has 0 aromatic heterocycles. The number of hydrogen-bond donors (Lipinski definition) is 2. The molecule has 1 heterocycles. The molecule has 3 rings (SSSR count). The van der Waals surface area contributed by atoms with E-state index in [0.29, 0.717) is 18.1 Å². The Morgan fingerprint density at radius 1 is 0.923 bits per heavy atom. The van der Waals surface area contributed by atoms with Crippen molar-refractivity contribution >= 4 is 5.91 Å². The minimum absolute atomic E-state index is 0.119. The second-order valence-corrected chi connectivity index (χ2v) is 8.77. The second kappa shape index (κ2) is 11.3. The molecular weight excluding hydrogens is 324 g/mol. The largest absolute Gasteiger partial charge is 0.354 e. The average molecular weight is 367 g/mol. The van der Waals surface area contributed by atoms with Crippen molar-refractivity contribution in [3.63, 3.8) is 0 Å². The monoisotopic (exact) mass is 366 g/mol. The fraction of sp³-hybridized carbons (Fsp3) is 0.952. The maximum atomic E-state index is 11.1. The third-order valence-corrected chi connectivity index (χ3v) is 6.35. The Morgan fingerprint density at radius 3 is 1.92 bits per heavy atom. The van der Waals surface area contributed by atoms with E-state index in [-0.39, 0.29) is 5.91 Å². The van der Waals surface area contributed by atoms with E-state index < -0.39 is 0 Å². The van der Waals surface area contributed by atoms with E-state index in [1.54, 1.807) is 6.92 Å². The Balaban J connectivity index is 0.000000290. The molecular formula is C21H42N4O. The highest BCUT2D eigenvalue weighted by Gasteiger charge is 2.28. The van der Waals surface area contributed by atoms with Crippen LogP contribution in [-0.4, -0.2) is 66.1 Å². The first-order chi connectivity index (χ1) is 12.5. The number of hydrogen-bond acceptors (Lipinski definition) is 4. The van der Waals surface area contributed by atoms with Crippen molar-refractivity contribution < 1.29 is 4.79 Å². The van der Waals surface area contributed by atoms with Gasteiger partial charge in [0.05, 0.1) is 0 Å². The van der Waals surface area contributed by atoms with Crippen molar-refractivity contribution in [2.75, 3.05) is 26.2 Å². The van der Waals surface area contributed by atoms with Crippen LogP contribution in [0.25, 0.3) is 0 Å². The molecule has 0 aromatic rings. The summed E-state index contributed by atoms with van der Waals surface area (Å²) >= 11 is 0. The molecule has 5 nitrogen and oxygen atoms in total. The van der Waals surface area contributed by atoms with Gasteiger partial charge in [0.2, 0.25) is 5.91 Å². The maximum Gasteiger partial charge on any atom is 0.217 e. The van der Waals surface area contributed by atoms with Crippen LogP contribution in [-0.2, 0) is 4.79 Å². The molecule has 3 fully saturated rings. The van der Waals surface area contributed by atoms with E-state index in [0.717, 1.165) is 18.9 Å². The zero-order valence-corrected chi connectivity index (χ0v) is 17.4. The number of piperazine rings is 1. The van der Waals surface area contributed by atoms with Crippen molar-refractivity contribution in [3.05, 3.63) is 0 Å². The lowest BCUT2D eigenvalue weighted by molar-refractivity contribution is -0.119. The molecule has 3 aliphatic rings. The summed E-state index contributed by atoms with van der Waals surface area (Å²) in [6, 6.07) is 2.39. The number of amides is 1. The molecule has 0 aromatic carbocycles. The zero-order valence-electron chi connectivity index (χ0n) is 17.4. The SMILES string of the molecule is CC(=O)NC1CCC(N2CCN(C(C)C)CC2)CC1.NC1CCCCC1. The fourth-order valence-electron chi connectivity index (χ4n) is 4.63. The van der Waals surface area contributed by atoms with E-state index in [4.69, 9.17) is 5.73 Å². The molecule has 1 saturated heterocycles. The van der Waals surface area contributed by atoms with E-state index in [2.05, 4.69) is 29.0 Å². The molecule has 1 aliphatic heterocycles. The fourth-order valence-corrected chi connectivity index (χ4v) is 4.63. The quantitative estimate of drug-likeness (QED) is 0.806. The zero-order chi connectivity index (χ0) is 18.9. The standard InChI is InChI=1S/C15H29N3O.C6H13N/c1-12(2)17-8-10-18(11-9-17)15-6-4-14(5-7-15)16-13(3)19;7-6-4-2-1-3-5-6/h12,14-15H,4-11H2,1-3H3,(H,16,19);6H,1-5,7H2. The van der Waals surface area contributed by atoms with Crippen LogP contribution in [0.15, 0.2) is 0 Å². The third kappa shape index (κ3) is 7.53. The predicted molar refractivity (Wildman–Crippen MR) is 109 cm³/mol. The Hall–Kier alpha value is -0.650. The van der Waals surface area contributed by atoms with Gasteiger partial charge in [-0.1, -0.05) is 19.3 Å². The van der Waals surface area contributed by atoms with E-state index >= 15 is 0 Å². The van der Waals surface area contributed by atoms with Crippen LogP contribution in [0.2, 0.25) is 0 Å². The highest BCUT2D eigenvalue weighted by molar-refractivity contribution is 5.73. The number of carbonyl (C=O) groups excluding carboxylic acids is 1. The molecule has 0 bridgehead atoms. The van der Waals surface area contributed by atoms with Crippen molar-refractivity contribution in [1.82, 2.24) is 15.1 Å². The van der Waals surface area contributed by atoms with Crippen LogP contribution in [0.1, 0.15) is 78.6 Å². The average Bonchev–Trinajstić information content (AvgIpc) is 2.63. The van der Waals surface area contributed by atoms with Crippen LogP contribution >= 0.6 is 0 Å². The minimum Gasteiger partial charge on any atom is -0.354 e. The van der Waals surface area contributed by atoms with E-state index in [1.807, 2.05) is 0 Å². The summed E-state index contributed by atoms with van der Waals surface area (Å²) in [5.74, 6) is 0.119. The lowest BCUT2D eigenvalue weighted by Gasteiger charge is -2.43. The molecule has 0 radical (unpaired) electrons. The Labute approximate surface area is 161 Å². The van der Waals surface area contributed by atoms with Crippen molar-refractivity contribution in [3.8, 4) is 0 Å². The van der Waals surface area contributed by atoms with Gasteiger partial charge in [-0.05, 0) is 52.4 Å². The summed E-state index contributed by atoms with van der Waals surface area (Å²) in [4.78, 5) is 16.3. The smallest absolute Gasteiger partial charge is 0.217 e. The molecule has 0 spiro atoms. The number of carbonyl (C=O) groups is 1. The molecule has 5 heteroatoms. The van der Waals surface area contributed by atoms with Crippen LogP contribution < -0.4 is 11.1 Å². The first-order valence-corrected chi connectivity index (χ1v) is 11.0. The van der Waals surface area contributed by atoms with Gasteiger partial charge in [-0.3, -0.25) is 14.6 Å². The van der Waals surface area contributed by atoms with Gasteiger partial charge in [0.1, 0.15) is 0 Å². The number of nitrogens with zero attached hydrogens (tertiary/aromatic N) is 2. The molecule has 0 atom stereocenters. The normalized spacial score (nSPS) is 29.1. The molecule has 1 amide bonds. The van der Waals surface area contributed by atoms with Crippen LogP contribution in [0.5, 0.6) is 0 Å². The van der Waals surface area contributed by atoms with Crippen molar-refractivity contribution in [2.45, 2.75) is 103 Å². The Morgan fingerprint density at radius 2 is 1.50 bits per heavy atom. The van der Waals surface area contributed by atoms with Gasteiger partial charge < -0.3 is 11.1 Å². The van der Waals surface area contributed by atoms with Gasteiger partial charge >= 0.3 is 0 Å². The summed E-state index contributed by atoms with van der Waals surface area (Å²) in [7, 11) is 0. The molecule has 3 N–H and O–H groups in total. The predicted octanol–water partition coefficient (Wildman–Crippen LogP) is 2.74. The molecule has 0 unspecified atom stereocenters. The van der Waals surface area contributed by atoms with Gasteiger partial charge in [0.15, 0.2) is 0 Å². The van der Waals surface area contributed by atoms with Crippen LogP contribution in [0.3, 0.4) is 0 Å². The Bertz CT molecular complexity index is 393. The van der Waals surface area contributed by atoms with Gasteiger partial charge in [-0.25, -0.2) is 0 Å². The highest BCUT2D eigenvalue weighted by atomic mass is 16.1. The highest BCUT2D eigenvalue weighted by Crippen LogP contribution is 2.24. The second-order valence-electron chi connectivity index (χ2n) is 8.77. The van der Waals surface area contributed by atoms with E-state index in [9.17, 15) is 4.79 Å². The molecule has 26 heavy (non-hydrogen) atoms. The minimum atomic E-state index is 0.119. The molecule has 2 aliphatic carbocycles. The summed E-state index contributed by atoms with van der Waals surface area (Å²) in [6.07, 6.45) is 11.4. The number of nitrogens with two attached hydrogens (primary N) is 1.